The van der Waals surface area contributed by atoms with Gasteiger partial charge in [-0.15, -0.1) is 0 Å². The van der Waals surface area contributed by atoms with E-state index in [0.29, 0.717) is 24.4 Å². The molecule has 4 fully saturated rings. The van der Waals surface area contributed by atoms with E-state index < -0.39 is 5.16 Å². The van der Waals surface area contributed by atoms with Crippen molar-refractivity contribution in [3.05, 3.63) is 59.7 Å². The van der Waals surface area contributed by atoms with Crippen molar-refractivity contribution in [3.8, 4) is 0 Å². The predicted octanol–water partition coefficient (Wildman–Crippen LogP) is 3.45. The lowest BCUT2D eigenvalue weighted by Gasteiger charge is -2.28. The van der Waals surface area contributed by atoms with E-state index in [1.54, 1.807) is 0 Å². The lowest BCUT2D eigenvalue weighted by molar-refractivity contribution is 0.388. The van der Waals surface area contributed by atoms with E-state index in [9.17, 15) is 4.57 Å². The van der Waals surface area contributed by atoms with E-state index in [1.807, 2.05) is 6.92 Å². The number of hydrogen-bond acceptors (Lipinski definition) is 7. The maximum absolute atomic E-state index is 12.5. The summed E-state index contributed by atoms with van der Waals surface area (Å²) in [7, 11) is 0.0698. The van der Waals surface area contributed by atoms with Gasteiger partial charge in [-0.25, -0.2) is 0 Å². The van der Waals surface area contributed by atoms with Crippen LogP contribution in [0.2, 0.25) is 0 Å². The number of anilines is 2. The molecule has 0 spiro atoms. The Hall–Kier alpha value is -2.02. The third-order valence-electron chi connectivity index (χ3n) is 7.08. The summed E-state index contributed by atoms with van der Waals surface area (Å²) in [6.45, 7) is 8.90. The second kappa shape index (κ2) is 9.21. The maximum atomic E-state index is 12.5. The average Bonchev–Trinajstić information content (AvgIpc) is 3.70. The zero-order valence-corrected chi connectivity index (χ0v) is 20.4. The van der Waals surface area contributed by atoms with Crippen molar-refractivity contribution in [1.29, 1.82) is 0 Å². The number of epoxide rings is 4. The Labute approximate surface area is 202 Å². The second-order valence-corrected chi connectivity index (χ2v) is 11.0. The topological polar surface area (TPSA) is 73.7 Å². The first kappa shape index (κ1) is 22.4. The third kappa shape index (κ3) is 5.29. The van der Waals surface area contributed by atoms with Crippen LogP contribution < -0.4 is 9.80 Å². The standard InChI is InChI=1S/C26H31N2O5P/c1-26(34-29,18-2-6-20(7-3-18)27(10-22-14-30-22)11-23-15-31-23)19-4-8-21(9-5-19)28(12-24-16-32-24)13-25-17-33-25/h2-9,22-25H,10-17H2,1H3. The monoisotopic (exact) mass is 482 g/mol. The number of ether oxygens (including phenoxy) is 4. The molecular formula is C26H31N2O5P. The van der Waals surface area contributed by atoms with Crippen LogP contribution in [0.3, 0.4) is 0 Å². The third-order valence-corrected chi connectivity index (χ3v) is 7.96. The fourth-order valence-electron chi connectivity index (χ4n) is 4.51. The van der Waals surface area contributed by atoms with Crippen molar-refractivity contribution in [1.82, 2.24) is 0 Å². The largest absolute Gasteiger partial charge is 0.371 e. The molecule has 0 aliphatic carbocycles. The van der Waals surface area contributed by atoms with Gasteiger partial charge in [-0.1, -0.05) is 24.3 Å². The Kier molecular flexibility index (Phi) is 6.08. The summed E-state index contributed by atoms with van der Waals surface area (Å²) in [4.78, 5) is 4.67. The van der Waals surface area contributed by atoms with Gasteiger partial charge in [0.05, 0.1) is 56.0 Å². The van der Waals surface area contributed by atoms with Crippen molar-refractivity contribution in [2.24, 2.45) is 0 Å². The van der Waals surface area contributed by atoms with E-state index >= 15 is 0 Å². The van der Waals surface area contributed by atoms with Gasteiger partial charge in [0.2, 0.25) is 0 Å². The van der Waals surface area contributed by atoms with Crippen LogP contribution in [0.15, 0.2) is 48.5 Å². The van der Waals surface area contributed by atoms with Gasteiger partial charge < -0.3 is 28.7 Å². The van der Waals surface area contributed by atoms with E-state index in [4.69, 9.17) is 18.9 Å². The van der Waals surface area contributed by atoms with Gasteiger partial charge in [0.25, 0.3) is 0 Å². The van der Waals surface area contributed by atoms with Crippen molar-refractivity contribution >= 4 is 19.8 Å². The zero-order valence-electron chi connectivity index (χ0n) is 19.5. The van der Waals surface area contributed by atoms with E-state index in [1.165, 1.54) is 0 Å². The highest BCUT2D eigenvalue weighted by Crippen LogP contribution is 2.42. The first-order chi connectivity index (χ1) is 16.6. The summed E-state index contributed by atoms with van der Waals surface area (Å²) in [6, 6.07) is 16.9. The van der Waals surface area contributed by atoms with Gasteiger partial charge in [0.1, 0.15) is 0 Å². The molecule has 7 nitrogen and oxygen atoms in total. The van der Waals surface area contributed by atoms with Gasteiger partial charge in [0.15, 0.2) is 8.46 Å². The maximum Gasteiger partial charge on any atom is 0.171 e. The molecule has 2 aromatic carbocycles. The minimum absolute atomic E-state index is 0.0698. The van der Waals surface area contributed by atoms with Crippen LogP contribution in [0.5, 0.6) is 0 Å². The van der Waals surface area contributed by atoms with Crippen molar-refractivity contribution in [2.45, 2.75) is 36.5 Å². The minimum Gasteiger partial charge on any atom is -0.371 e. The molecular weight excluding hydrogens is 451 g/mol. The Bertz CT molecular complexity index is 897. The first-order valence-corrected chi connectivity index (χ1v) is 12.9. The van der Waals surface area contributed by atoms with Crippen molar-refractivity contribution in [2.75, 3.05) is 62.4 Å². The summed E-state index contributed by atoms with van der Waals surface area (Å²) < 4.78 is 34.3. The SMILES string of the molecule is CC(P=O)(c1ccc(N(CC2CO2)CC2CO2)cc1)c1ccc(N(CC2CO2)CC2CO2)cc1. The zero-order chi connectivity index (χ0) is 23.1. The Morgan fingerprint density at radius 3 is 1.21 bits per heavy atom. The number of rotatable bonds is 13. The highest BCUT2D eigenvalue weighted by molar-refractivity contribution is 7.25. The van der Waals surface area contributed by atoms with Crippen LogP contribution in [0.1, 0.15) is 18.1 Å². The average molecular weight is 483 g/mol. The Morgan fingerprint density at radius 1 is 0.676 bits per heavy atom. The van der Waals surface area contributed by atoms with Crippen LogP contribution in [-0.2, 0) is 28.7 Å². The lowest BCUT2D eigenvalue weighted by atomic mass is 9.91. The molecule has 0 bridgehead atoms. The van der Waals surface area contributed by atoms with Gasteiger partial charge in [-0.3, -0.25) is 4.57 Å². The van der Waals surface area contributed by atoms with Gasteiger partial charge >= 0.3 is 0 Å². The van der Waals surface area contributed by atoms with Gasteiger partial charge in [0, 0.05) is 37.6 Å². The fourth-order valence-corrected chi connectivity index (χ4v) is 5.02. The predicted molar refractivity (Wildman–Crippen MR) is 130 cm³/mol. The molecule has 4 atom stereocenters. The summed E-state index contributed by atoms with van der Waals surface area (Å²) in [5, 5.41) is -0.620. The van der Waals surface area contributed by atoms with Crippen molar-refractivity contribution in [3.63, 3.8) is 0 Å². The molecule has 4 aliphatic rings. The fraction of sp³-hybridized carbons (Fsp3) is 0.538. The second-order valence-electron chi connectivity index (χ2n) is 9.89. The summed E-state index contributed by atoms with van der Waals surface area (Å²) in [6.07, 6.45) is 1.28. The minimum atomic E-state index is -0.620. The molecule has 8 heteroatoms. The Morgan fingerprint density at radius 2 is 0.971 bits per heavy atom. The van der Waals surface area contributed by atoms with Crippen LogP contribution in [0.25, 0.3) is 0 Å². The van der Waals surface area contributed by atoms with Gasteiger partial charge in [-0.05, 0) is 42.3 Å². The van der Waals surface area contributed by atoms with Crippen LogP contribution in [-0.4, -0.2) is 77.0 Å². The molecule has 4 unspecified atom stereocenters. The highest BCUT2D eigenvalue weighted by Gasteiger charge is 2.34. The van der Waals surface area contributed by atoms with Crippen LogP contribution >= 0.6 is 8.46 Å². The first-order valence-electron chi connectivity index (χ1n) is 12.1. The lowest BCUT2D eigenvalue weighted by Crippen LogP contribution is -2.31. The molecule has 4 heterocycles. The number of benzene rings is 2. The van der Waals surface area contributed by atoms with Crippen LogP contribution in [0.4, 0.5) is 11.4 Å². The highest BCUT2D eigenvalue weighted by atomic mass is 31.1. The summed E-state index contributed by atoms with van der Waals surface area (Å²) in [5.41, 5.74) is 4.35. The molecule has 4 saturated heterocycles. The smallest absolute Gasteiger partial charge is 0.171 e. The number of hydrogen-bond donors (Lipinski definition) is 0. The molecule has 0 aromatic heterocycles. The molecule has 0 radical (unpaired) electrons. The molecule has 34 heavy (non-hydrogen) atoms. The van der Waals surface area contributed by atoms with Crippen molar-refractivity contribution < 1.29 is 23.5 Å². The van der Waals surface area contributed by atoms with Gasteiger partial charge in [-0.2, -0.15) is 0 Å². The van der Waals surface area contributed by atoms with Crippen LogP contribution in [0, 0.1) is 0 Å². The summed E-state index contributed by atoms with van der Waals surface area (Å²) in [5.74, 6) is 0. The molecule has 0 saturated carbocycles. The van der Waals surface area contributed by atoms with E-state index in [-0.39, 0.29) is 8.46 Å². The number of nitrogens with zero attached hydrogens (tertiary/aromatic N) is 2. The quantitative estimate of drug-likeness (QED) is 0.320. The molecule has 4 aliphatic heterocycles. The molecule has 180 valence electrons. The normalized spacial score (nSPS) is 28.3. The van der Waals surface area contributed by atoms with E-state index in [2.05, 4.69) is 58.3 Å². The Balaban J connectivity index is 1.19. The summed E-state index contributed by atoms with van der Waals surface area (Å²) >= 11 is 0. The molecule has 0 N–H and O–H groups in total. The molecule has 2 aromatic rings. The molecule has 0 amide bonds. The van der Waals surface area contributed by atoms with E-state index in [0.717, 1.165) is 75.1 Å². The molecule has 6 rings (SSSR count).